The van der Waals surface area contributed by atoms with E-state index in [2.05, 4.69) is 10.3 Å². The van der Waals surface area contributed by atoms with Crippen LogP contribution in [0.2, 0.25) is 0 Å². The van der Waals surface area contributed by atoms with Gasteiger partial charge in [-0.15, -0.1) is 0 Å². The monoisotopic (exact) mass is 279 g/mol. The molecule has 1 saturated heterocycles. The van der Waals surface area contributed by atoms with Crippen LogP contribution in [0.3, 0.4) is 0 Å². The molecule has 1 aliphatic rings. The molecular formula is C13H17N3O4. The molecule has 0 spiro atoms. The molecule has 7 heteroatoms. The first-order chi connectivity index (χ1) is 9.49. The number of pyridine rings is 1. The molecule has 0 saturated carbocycles. The Bertz CT molecular complexity index is 518. The molecule has 1 aliphatic heterocycles. The Balaban J connectivity index is 2.04. The SMILES string of the molecule is CN(C)c1ncccc1NC(=O)C1CCC(C(=O)O)O1. The van der Waals surface area contributed by atoms with Crippen molar-refractivity contribution >= 4 is 23.4 Å². The number of hydrogen-bond acceptors (Lipinski definition) is 5. The van der Waals surface area contributed by atoms with E-state index in [1.54, 1.807) is 23.2 Å². The fourth-order valence-electron chi connectivity index (χ4n) is 2.08. The highest BCUT2D eigenvalue weighted by Crippen LogP contribution is 2.24. The molecule has 20 heavy (non-hydrogen) atoms. The lowest BCUT2D eigenvalue weighted by molar-refractivity contribution is -0.150. The van der Waals surface area contributed by atoms with Crippen LogP contribution in [0.1, 0.15) is 12.8 Å². The molecule has 1 aromatic heterocycles. The number of carbonyl (C=O) groups is 2. The van der Waals surface area contributed by atoms with Gasteiger partial charge in [0.2, 0.25) is 0 Å². The molecule has 1 fully saturated rings. The molecule has 2 heterocycles. The summed E-state index contributed by atoms with van der Waals surface area (Å²) in [6, 6.07) is 3.46. The number of hydrogen-bond donors (Lipinski definition) is 2. The van der Waals surface area contributed by atoms with Crippen molar-refractivity contribution < 1.29 is 19.4 Å². The summed E-state index contributed by atoms with van der Waals surface area (Å²) in [5.41, 5.74) is 0.574. The maximum atomic E-state index is 12.1. The minimum atomic E-state index is -1.03. The number of nitrogens with one attached hydrogen (secondary N) is 1. The van der Waals surface area contributed by atoms with Crippen molar-refractivity contribution in [3.05, 3.63) is 18.3 Å². The van der Waals surface area contributed by atoms with E-state index >= 15 is 0 Å². The summed E-state index contributed by atoms with van der Waals surface area (Å²) in [4.78, 5) is 28.8. The van der Waals surface area contributed by atoms with E-state index in [0.29, 0.717) is 24.3 Å². The molecule has 0 aliphatic carbocycles. The van der Waals surface area contributed by atoms with Crippen molar-refractivity contribution in [2.45, 2.75) is 25.0 Å². The van der Waals surface area contributed by atoms with E-state index in [9.17, 15) is 9.59 Å². The molecule has 2 atom stereocenters. The number of anilines is 2. The van der Waals surface area contributed by atoms with Gasteiger partial charge in [-0.2, -0.15) is 0 Å². The van der Waals surface area contributed by atoms with Gasteiger partial charge in [0.25, 0.3) is 5.91 Å². The lowest BCUT2D eigenvalue weighted by atomic mass is 10.2. The van der Waals surface area contributed by atoms with Crippen LogP contribution in [0, 0.1) is 0 Å². The highest BCUT2D eigenvalue weighted by molar-refractivity contribution is 5.97. The fraction of sp³-hybridized carbons (Fsp3) is 0.462. The van der Waals surface area contributed by atoms with Crippen LogP contribution in [-0.2, 0) is 14.3 Å². The Labute approximate surface area is 116 Å². The highest BCUT2D eigenvalue weighted by Gasteiger charge is 2.34. The van der Waals surface area contributed by atoms with Crippen LogP contribution >= 0.6 is 0 Å². The molecule has 108 valence electrons. The minimum absolute atomic E-state index is 0.343. The first-order valence-electron chi connectivity index (χ1n) is 6.30. The van der Waals surface area contributed by atoms with Gasteiger partial charge in [0, 0.05) is 20.3 Å². The quantitative estimate of drug-likeness (QED) is 0.843. The number of carboxylic acid groups (broad SMARTS) is 1. The molecule has 1 amide bonds. The van der Waals surface area contributed by atoms with Gasteiger partial charge >= 0.3 is 5.97 Å². The summed E-state index contributed by atoms with van der Waals surface area (Å²) >= 11 is 0. The van der Waals surface area contributed by atoms with Crippen LogP contribution in [0.5, 0.6) is 0 Å². The largest absolute Gasteiger partial charge is 0.479 e. The smallest absolute Gasteiger partial charge is 0.332 e. The van der Waals surface area contributed by atoms with Gasteiger partial charge in [0.1, 0.15) is 6.10 Å². The van der Waals surface area contributed by atoms with Gasteiger partial charge < -0.3 is 20.1 Å². The molecule has 2 unspecified atom stereocenters. The van der Waals surface area contributed by atoms with Crippen LogP contribution in [0.4, 0.5) is 11.5 Å². The molecule has 7 nitrogen and oxygen atoms in total. The summed E-state index contributed by atoms with van der Waals surface area (Å²) in [5, 5.41) is 11.6. The van der Waals surface area contributed by atoms with Gasteiger partial charge in [-0.05, 0) is 25.0 Å². The lowest BCUT2D eigenvalue weighted by Gasteiger charge is -2.17. The number of rotatable bonds is 4. The number of ether oxygens (including phenoxy) is 1. The number of amides is 1. The van der Waals surface area contributed by atoms with E-state index in [0.717, 1.165) is 0 Å². The summed E-state index contributed by atoms with van der Waals surface area (Å²) in [6.07, 6.45) is 0.762. The summed E-state index contributed by atoms with van der Waals surface area (Å²) in [5.74, 6) is -0.742. The average molecular weight is 279 g/mol. The molecule has 1 aromatic rings. The van der Waals surface area contributed by atoms with E-state index < -0.39 is 18.2 Å². The van der Waals surface area contributed by atoms with Crippen molar-refractivity contribution in [1.82, 2.24) is 4.98 Å². The highest BCUT2D eigenvalue weighted by atomic mass is 16.5. The Morgan fingerprint density at radius 1 is 1.40 bits per heavy atom. The van der Waals surface area contributed by atoms with Gasteiger partial charge in [-0.1, -0.05) is 0 Å². The number of carbonyl (C=O) groups excluding carboxylic acids is 1. The standard InChI is InChI=1S/C13H17N3O4/c1-16(2)11-8(4-3-7-14-11)15-12(17)9-5-6-10(20-9)13(18)19/h3-4,7,9-10H,5-6H2,1-2H3,(H,15,17)(H,18,19). The van der Waals surface area contributed by atoms with Crippen LogP contribution in [0.25, 0.3) is 0 Å². The van der Waals surface area contributed by atoms with Gasteiger partial charge in [0.15, 0.2) is 11.9 Å². The van der Waals surface area contributed by atoms with Crippen molar-refractivity contribution in [2.24, 2.45) is 0 Å². The van der Waals surface area contributed by atoms with Crippen molar-refractivity contribution in [2.75, 3.05) is 24.3 Å². The van der Waals surface area contributed by atoms with Gasteiger partial charge in [-0.3, -0.25) is 4.79 Å². The first-order valence-corrected chi connectivity index (χ1v) is 6.30. The van der Waals surface area contributed by atoms with Gasteiger partial charge in [-0.25, -0.2) is 9.78 Å². The minimum Gasteiger partial charge on any atom is -0.479 e. The third-order valence-electron chi connectivity index (χ3n) is 3.06. The van der Waals surface area contributed by atoms with Crippen molar-refractivity contribution in [1.29, 1.82) is 0 Å². The van der Waals surface area contributed by atoms with Crippen LogP contribution in [-0.4, -0.2) is 48.3 Å². The zero-order valence-electron chi connectivity index (χ0n) is 11.4. The number of carboxylic acids is 1. The second-order valence-electron chi connectivity index (χ2n) is 4.79. The number of aromatic nitrogens is 1. The first kappa shape index (κ1) is 14.3. The molecular weight excluding hydrogens is 262 g/mol. The predicted molar refractivity (Wildman–Crippen MR) is 72.7 cm³/mol. The summed E-state index contributed by atoms with van der Waals surface area (Å²) < 4.78 is 5.21. The molecule has 2 rings (SSSR count). The second kappa shape index (κ2) is 5.87. The number of nitrogens with zero attached hydrogens (tertiary/aromatic N) is 2. The third kappa shape index (κ3) is 3.05. The van der Waals surface area contributed by atoms with Gasteiger partial charge in [0.05, 0.1) is 5.69 Å². The molecule has 2 N–H and O–H groups in total. The molecule has 0 bridgehead atoms. The fourth-order valence-corrected chi connectivity index (χ4v) is 2.08. The Hall–Kier alpha value is -2.15. The van der Waals surface area contributed by atoms with Crippen LogP contribution < -0.4 is 10.2 Å². The van der Waals surface area contributed by atoms with Crippen LogP contribution in [0.15, 0.2) is 18.3 Å². The number of aliphatic carboxylic acids is 1. The Kier molecular flexibility index (Phi) is 4.19. The zero-order valence-corrected chi connectivity index (χ0v) is 11.4. The molecule has 0 radical (unpaired) electrons. The topological polar surface area (TPSA) is 91.8 Å². The third-order valence-corrected chi connectivity index (χ3v) is 3.06. The normalized spacial score (nSPS) is 21.5. The molecule has 0 aromatic carbocycles. The van der Waals surface area contributed by atoms with E-state index in [-0.39, 0.29) is 5.91 Å². The van der Waals surface area contributed by atoms with E-state index in [4.69, 9.17) is 9.84 Å². The summed E-state index contributed by atoms with van der Waals surface area (Å²) in [6.45, 7) is 0. The Morgan fingerprint density at radius 3 is 2.70 bits per heavy atom. The van der Waals surface area contributed by atoms with Crippen molar-refractivity contribution in [3.8, 4) is 0 Å². The Morgan fingerprint density at radius 2 is 2.10 bits per heavy atom. The lowest BCUT2D eigenvalue weighted by Crippen LogP contribution is -2.30. The van der Waals surface area contributed by atoms with Crippen molar-refractivity contribution in [3.63, 3.8) is 0 Å². The summed E-state index contributed by atoms with van der Waals surface area (Å²) in [7, 11) is 3.65. The second-order valence-corrected chi connectivity index (χ2v) is 4.79. The maximum Gasteiger partial charge on any atom is 0.332 e. The zero-order chi connectivity index (χ0) is 14.7. The van der Waals surface area contributed by atoms with E-state index in [1.807, 2.05) is 14.1 Å². The predicted octanol–water partition coefficient (Wildman–Crippen LogP) is 0.718. The van der Waals surface area contributed by atoms with E-state index in [1.165, 1.54) is 0 Å². The maximum absolute atomic E-state index is 12.1. The average Bonchev–Trinajstić information content (AvgIpc) is 2.89.